The van der Waals surface area contributed by atoms with Gasteiger partial charge < -0.3 is 9.64 Å². The summed E-state index contributed by atoms with van der Waals surface area (Å²) in [5.74, 6) is 0.111. The van der Waals surface area contributed by atoms with E-state index in [1.165, 1.54) is 0 Å². The van der Waals surface area contributed by atoms with Crippen molar-refractivity contribution < 1.29 is 35.2 Å². The van der Waals surface area contributed by atoms with E-state index in [1.54, 1.807) is 41.5 Å². The maximum absolute atomic E-state index is 11.6. The second-order valence-electron chi connectivity index (χ2n) is 10.9. The van der Waals surface area contributed by atoms with Gasteiger partial charge >= 0.3 is 0 Å². The third-order valence-electron chi connectivity index (χ3n) is 7.83. The highest BCUT2D eigenvalue weighted by atomic mass is 32.2. The summed E-state index contributed by atoms with van der Waals surface area (Å²) >= 11 is 4.84. The molecular weight excluding hydrogens is 685 g/mol. The van der Waals surface area contributed by atoms with Gasteiger partial charge in [-0.1, -0.05) is 60.4 Å². The molecule has 0 spiro atoms. The van der Waals surface area contributed by atoms with E-state index in [2.05, 4.69) is 52.8 Å². The summed E-state index contributed by atoms with van der Waals surface area (Å²) in [5, 5.41) is 7.13. The smallest absolute Gasteiger partial charge is 0.265 e. The quantitative estimate of drug-likeness (QED) is 0.101. The third-order valence-corrected chi connectivity index (χ3v) is 12.6. The molecule has 3 heterocycles. The zero-order valence-corrected chi connectivity index (χ0v) is 29.3. The van der Waals surface area contributed by atoms with E-state index in [0.29, 0.717) is 19.5 Å². The first-order chi connectivity index (χ1) is 22.0. The van der Waals surface area contributed by atoms with E-state index in [1.807, 2.05) is 29.6 Å². The molecule has 0 saturated heterocycles. The maximum Gasteiger partial charge on any atom is 0.265 e. The predicted octanol–water partition coefficient (Wildman–Crippen LogP) is 7.37. The Balaban J connectivity index is 1.45. The van der Waals surface area contributed by atoms with Crippen LogP contribution >= 0.6 is 34.4 Å². The number of hydrogen-bond acceptors (Lipinski definition) is 9. The van der Waals surface area contributed by atoms with Gasteiger partial charge in [-0.15, -0.1) is 11.3 Å². The van der Waals surface area contributed by atoms with Crippen molar-refractivity contribution in [3.05, 3.63) is 75.6 Å². The molecule has 2 N–H and O–H groups in total. The Hall–Kier alpha value is -2.98. The third kappa shape index (κ3) is 6.98. The highest BCUT2D eigenvalue weighted by Crippen LogP contribution is 2.50. The van der Waals surface area contributed by atoms with E-state index >= 15 is 0 Å². The Morgan fingerprint density at radius 2 is 1.76 bits per heavy atom. The van der Waals surface area contributed by atoms with Gasteiger partial charge in [0.2, 0.25) is 5.52 Å². The van der Waals surface area contributed by atoms with Gasteiger partial charge in [-0.2, -0.15) is 21.4 Å². The average Bonchev–Trinajstić information content (AvgIpc) is 3.71. The van der Waals surface area contributed by atoms with Gasteiger partial charge in [0, 0.05) is 35.4 Å². The second kappa shape index (κ2) is 13.3. The highest BCUT2D eigenvalue weighted by Gasteiger charge is 2.29. The molecule has 46 heavy (non-hydrogen) atoms. The number of rotatable bonds is 12. The van der Waals surface area contributed by atoms with Crippen LogP contribution in [0.2, 0.25) is 0 Å². The first-order valence-electron chi connectivity index (χ1n) is 14.7. The van der Waals surface area contributed by atoms with E-state index in [9.17, 15) is 25.9 Å². The molecule has 3 aromatic carbocycles. The number of thioether (sulfide) groups is 1. The Labute approximate surface area is 280 Å². The van der Waals surface area contributed by atoms with Crippen LogP contribution in [0.5, 0.6) is 5.75 Å². The summed E-state index contributed by atoms with van der Waals surface area (Å²) in [6.07, 6.45) is 5.46. The number of ether oxygens (including phenoxy) is 1. The monoisotopic (exact) mass is 717 g/mol. The van der Waals surface area contributed by atoms with Crippen molar-refractivity contribution in [2.75, 3.05) is 30.1 Å². The van der Waals surface area contributed by atoms with Gasteiger partial charge in [0.15, 0.2) is 6.54 Å². The molecular formula is C32H33N2O7S5+. The van der Waals surface area contributed by atoms with Gasteiger partial charge in [0.25, 0.3) is 25.2 Å². The number of thiazole rings is 1. The van der Waals surface area contributed by atoms with Crippen molar-refractivity contribution >= 4 is 97.5 Å². The summed E-state index contributed by atoms with van der Waals surface area (Å²) in [7, 11) is -6.55. The van der Waals surface area contributed by atoms with Gasteiger partial charge in [-0.05, 0) is 52.8 Å². The zero-order chi connectivity index (χ0) is 32.6. The maximum atomic E-state index is 11.6. The number of benzene rings is 3. The van der Waals surface area contributed by atoms with E-state index in [-0.39, 0.29) is 24.3 Å². The molecule has 242 valence electrons. The highest BCUT2D eigenvalue weighted by molar-refractivity contribution is 8.04. The second-order valence-corrected chi connectivity index (χ2v) is 17.1. The lowest BCUT2D eigenvalue weighted by molar-refractivity contribution is -0.667. The molecule has 1 aliphatic rings. The molecule has 0 fully saturated rings. The number of nitrogens with zero attached hydrogens (tertiary/aromatic N) is 2. The lowest BCUT2D eigenvalue weighted by Crippen LogP contribution is -2.36. The SMILES string of the molecule is CCC(/C=C1\Sc2c(ccc3ccccc23)N1CCCS(=O)(=O)O)=C\c1sc2cc(OC)c3ccsc3c2[n+]1CCCS(=O)(=O)O. The van der Waals surface area contributed by atoms with Crippen molar-refractivity contribution in [3.8, 4) is 5.75 Å². The van der Waals surface area contributed by atoms with Crippen LogP contribution in [-0.2, 0) is 26.8 Å². The standard InChI is InChI=1S/C32H32N2O7S5/c1-3-21(18-28-33(13-6-16-45(35,36)37)25-11-10-22-8-4-5-9-23(22)31(25)44-28)19-29-34(14-7-17-46(38,39)40)30-27(43-29)20-26(41-2)24-12-15-42-32(24)30/h4-5,8-12,15,18-20H,3,6-7,13-14,16-17H2,1-2H3,(H-,35,36,37,38,39,40)/p+1. The molecule has 0 amide bonds. The number of aromatic nitrogens is 1. The van der Waals surface area contributed by atoms with Gasteiger partial charge in [0.05, 0.1) is 29.3 Å². The summed E-state index contributed by atoms with van der Waals surface area (Å²) in [6.45, 7) is 2.88. The molecule has 0 aliphatic carbocycles. The molecule has 14 heteroatoms. The first kappa shape index (κ1) is 32.9. The van der Waals surface area contributed by atoms with Crippen LogP contribution in [0.15, 0.2) is 75.5 Å². The Morgan fingerprint density at radius 1 is 1.00 bits per heavy atom. The minimum Gasteiger partial charge on any atom is -0.496 e. The van der Waals surface area contributed by atoms with Gasteiger partial charge in [0.1, 0.15) is 15.1 Å². The van der Waals surface area contributed by atoms with E-state index < -0.39 is 20.2 Å². The number of aryl methyl sites for hydroxylation is 1. The Bertz CT molecular complexity index is 2240. The normalized spacial score (nSPS) is 15.1. The number of methoxy groups -OCH3 is 1. The van der Waals surface area contributed by atoms with Crippen LogP contribution < -0.4 is 14.2 Å². The summed E-state index contributed by atoms with van der Waals surface area (Å²) < 4.78 is 74.9. The minimum atomic E-state index is -4.11. The lowest BCUT2D eigenvalue weighted by Gasteiger charge is -2.20. The largest absolute Gasteiger partial charge is 0.496 e. The van der Waals surface area contributed by atoms with Crippen molar-refractivity contribution in [1.82, 2.24) is 0 Å². The number of hydrogen-bond donors (Lipinski definition) is 2. The van der Waals surface area contributed by atoms with Crippen molar-refractivity contribution in [2.45, 2.75) is 37.6 Å². The van der Waals surface area contributed by atoms with E-state index in [4.69, 9.17) is 4.74 Å². The zero-order valence-electron chi connectivity index (χ0n) is 25.2. The molecule has 2 aromatic heterocycles. The number of thiophene rings is 1. The molecule has 6 rings (SSSR count). The fourth-order valence-electron chi connectivity index (χ4n) is 5.71. The molecule has 0 bridgehead atoms. The van der Waals surface area contributed by atoms with Crippen LogP contribution in [0.3, 0.4) is 0 Å². The van der Waals surface area contributed by atoms with Crippen molar-refractivity contribution in [2.24, 2.45) is 0 Å². The van der Waals surface area contributed by atoms with E-state index in [0.717, 1.165) is 63.0 Å². The van der Waals surface area contributed by atoms with Gasteiger partial charge in [-0.25, -0.2) is 0 Å². The molecule has 0 radical (unpaired) electrons. The summed E-state index contributed by atoms with van der Waals surface area (Å²) in [4.78, 5) is 3.22. The molecule has 0 atom stereocenters. The number of allylic oxidation sites excluding steroid dienone is 2. The fraction of sp³-hybridized carbons (Fsp3) is 0.281. The predicted molar refractivity (Wildman–Crippen MR) is 190 cm³/mol. The van der Waals surface area contributed by atoms with Crippen LogP contribution in [-0.4, -0.2) is 51.1 Å². The fourth-order valence-corrected chi connectivity index (χ4v) is 10.2. The summed E-state index contributed by atoms with van der Waals surface area (Å²) in [5.41, 5.74) is 3.03. The van der Waals surface area contributed by atoms with Crippen LogP contribution in [0.4, 0.5) is 5.69 Å². The van der Waals surface area contributed by atoms with Crippen molar-refractivity contribution in [3.63, 3.8) is 0 Å². The molecule has 1 aliphatic heterocycles. The molecule has 9 nitrogen and oxygen atoms in total. The molecule has 5 aromatic rings. The van der Waals surface area contributed by atoms with Gasteiger partial charge in [-0.3, -0.25) is 9.11 Å². The lowest BCUT2D eigenvalue weighted by atomic mass is 10.1. The first-order valence-corrected chi connectivity index (χ1v) is 20.4. The van der Waals surface area contributed by atoms with Crippen molar-refractivity contribution in [1.29, 1.82) is 0 Å². The topological polar surface area (TPSA) is 125 Å². The van der Waals surface area contributed by atoms with Crippen LogP contribution in [0, 0.1) is 0 Å². The number of fused-ring (bicyclic) bond motifs is 6. The Morgan fingerprint density at radius 3 is 2.50 bits per heavy atom. The molecule has 0 saturated carbocycles. The Kier molecular flexibility index (Phi) is 9.50. The van der Waals surface area contributed by atoms with Crippen LogP contribution in [0.1, 0.15) is 31.2 Å². The number of anilines is 1. The summed E-state index contributed by atoms with van der Waals surface area (Å²) in [6, 6.07) is 16.3. The van der Waals surface area contributed by atoms with Crippen LogP contribution in [0.25, 0.3) is 37.2 Å². The molecule has 0 unspecified atom stereocenters. The minimum absolute atomic E-state index is 0.247. The average molecular weight is 718 g/mol.